The minimum atomic E-state index is -0.252. The van der Waals surface area contributed by atoms with Crippen LogP contribution in [-0.4, -0.2) is 22.2 Å². The summed E-state index contributed by atoms with van der Waals surface area (Å²) in [4.78, 5) is 4.41. The molecule has 0 saturated heterocycles. The molecular formula is C20H19F2N3O. The summed E-state index contributed by atoms with van der Waals surface area (Å²) in [7, 11) is 0. The van der Waals surface area contributed by atoms with E-state index >= 15 is 0 Å². The van der Waals surface area contributed by atoms with E-state index < -0.39 is 0 Å². The van der Waals surface area contributed by atoms with Crippen LogP contribution in [0.1, 0.15) is 11.4 Å². The van der Waals surface area contributed by atoms with Crippen LogP contribution in [0.15, 0.2) is 54.7 Å². The van der Waals surface area contributed by atoms with E-state index in [2.05, 4.69) is 14.9 Å². The number of ether oxygens (including phenoxy) is 1. The zero-order valence-corrected chi connectivity index (χ0v) is 14.2. The second-order valence-corrected chi connectivity index (χ2v) is 6.37. The van der Waals surface area contributed by atoms with Gasteiger partial charge in [0.1, 0.15) is 24.1 Å². The van der Waals surface area contributed by atoms with Gasteiger partial charge in [-0.05, 0) is 47.5 Å². The van der Waals surface area contributed by atoms with E-state index in [0.29, 0.717) is 26.2 Å². The van der Waals surface area contributed by atoms with Gasteiger partial charge in [-0.2, -0.15) is 0 Å². The Kier molecular flexibility index (Phi) is 4.77. The molecule has 1 atom stereocenters. The number of fused-ring (bicyclic) bond motifs is 1. The highest BCUT2D eigenvalue weighted by Crippen LogP contribution is 2.25. The predicted molar refractivity (Wildman–Crippen MR) is 94.3 cm³/mol. The molecule has 0 radical (unpaired) electrons. The lowest BCUT2D eigenvalue weighted by molar-refractivity contribution is 0.00326. The molecule has 2 heterocycles. The van der Waals surface area contributed by atoms with Crippen LogP contribution < -0.4 is 5.32 Å². The molecule has 4 nitrogen and oxygen atoms in total. The number of nitrogens with one attached hydrogen (secondary N) is 1. The van der Waals surface area contributed by atoms with Crippen LogP contribution in [0.3, 0.4) is 0 Å². The Morgan fingerprint density at radius 1 is 1.04 bits per heavy atom. The van der Waals surface area contributed by atoms with E-state index in [4.69, 9.17) is 4.74 Å². The van der Waals surface area contributed by atoms with Crippen molar-refractivity contribution in [2.24, 2.45) is 0 Å². The van der Waals surface area contributed by atoms with Gasteiger partial charge in [0.15, 0.2) is 0 Å². The highest BCUT2D eigenvalue weighted by atomic mass is 19.1. The second kappa shape index (κ2) is 7.35. The molecule has 0 spiro atoms. The molecule has 3 aromatic rings. The maximum Gasteiger partial charge on any atom is 0.135 e. The van der Waals surface area contributed by atoms with Gasteiger partial charge in [0, 0.05) is 13.1 Å². The number of aromatic nitrogens is 2. The van der Waals surface area contributed by atoms with Crippen molar-refractivity contribution in [3.63, 3.8) is 0 Å². The van der Waals surface area contributed by atoms with Crippen LogP contribution in [0.25, 0.3) is 11.3 Å². The molecule has 1 aliphatic heterocycles. The zero-order valence-electron chi connectivity index (χ0n) is 14.2. The summed E-state index contributed by atoms with van der Waals surface area (Å²) < 4.78 is 34.1. The molecule has 0 bridgehead atoms. The largest absolute Gasteiger partial charge is 0.367 e. The van der Waals surface area contributed by atoms with Crippen molar-refractivity contribution in [1.29, 1.82) is 0 Å². The first-order valence-electron chi connectivity index (χ1n) is 8.56. The fourth-order valence-corrected chi connectivity index (χ4v) is 3.14. The number of rotatable bonds is 5. The van der Waals surface area contributed by atoms with Gasteiger partial charge in [-0.25, -0.2) is 13.8 Å². The van der Waals surface area contributed by atoms with Gasteiger partial charge in [-0.1, -0.05) is 12.1 Å². The standard InChI is InChI=1S/C20H19F2N3O/c21-16-5-1-14(2-6-16)9-23-10-18-12-25-19(11-24-20(25)13-26-18)15-3-7-17(22)8-4-15/h1-8,11,18,23H,9-10,12-13H2/t18-/m0/s1. The molecule has 26 heavy (non-hydrogen) atoms. The molecule has 0 fully saturated rings. The SMILES string of the molecule is Fc1ccc(CNC[C@H]2Cn3c(-c4ccc(F)cc4)cnc3CO2)cc1. The molecule has 134 valence electrons. The third-order valence-corrected chi connectivity index (χ3v) is 4.53. The number of benzene rings is 2. The summed E-state index contributed by atoms with van der Waals surface area (Å²) in [5.74, 6) is 0.391. The third-order valence-electron chi connectivity index (χ3n) is 4.53. The van der Waals surface area contributed by atoms with Gasteiger partial charge < -0.3 is 14.6 Å². The Morgan fingerprint density at radius 3 is 2.46 bits per heavy atom. The van der Waals surface area contributed by atoms with Gasteiger partial charge in [-0.3, -0.25) is 0 Å². The Labute approximate surface area is 150 Å². The van der Waals surface area contributed by atoms with Crippen LogP contribution >= 0.6 is 0 Å². The molecule has 0 aliphatic carbocycles. The van der Waals surface area contributed by atoms with Gasteiger partial charge in [-0.15, -0.1) is 0 Å². The third kappa shape index (κ3) is 3.66. The fourth-order valence-electron chi connectivity index (χ4n) is 3.14. The average Bonchev–Trinajstić information content (AvgIpc) is 3.07. The van der Waals surface area contributed by atoms with Crippen molar-refractivity contribution in [2.75, 3.05) is 6.54 Å². The topological polar surface area (TPSA) is 39.1 Å². The van der Waals surface area contributed by atoms with Crippen LogP contribution in [0.2, 0.25) is 0 Å². The smallest absolute Gasteiger partial charge is 0.135 e. The molecule has 1 aliphatic rings. The highest BCUT2D eigenvalue weighted by molar-refractivity contribution is 5.59. The molecular weight excluding hydrogens is 336 g/mol. The van der Waals surface area contributed by atoms with Gasteiger partial charge in [0.2, 0.25) is 0 Å². The summed E-state index contributed by atoms with van der Waals surface area (Å²) in [6.45, 7) is 2.46. The maximum atomic E-state index is 13.2. The molecule has 1 N–H and O–H groups in total. The average molecular weight is 355 g/mol. The lowest BCUT2D eigenvalue weighted by Gasteiger charge is -2.26. The van der Waals surface area contributed by atoms with Crippen molar-refractivity contribution in [3.8, 4) is 11.3 Å². The fraction of sp³-hybridized carbons (Fsp3) is 0.250. The number of imidazole rings is 1. The normalized spacial score (nSPS) is 16.5. The van der Waals surface area contributed by atoms with E-state index in [1.54, 1.807) is 30.5 Å². The summed E-state index contributed by atoms with van der Waals surface area (Å²) in [6.07, 6.45) is 1.82. The van der Waals surface area contributed by atoms with Crippen LogP contribution in [0.4, 0.5) is 8.78 Å². The van der Waals surface area contributed by atoms with Crippen molar-refractivity contribution in [1.82, 2.24) is 14.9 Å². The Morgan fingerprint density at radius 2 is 1.73 bits per heavy atom. The zero-order chi connectivity index (χ0) is 17.9. The lowest BCUT2D eigenvalue weighted by Crippen LogP contribution is -2.36. The summed E-state index contributed by atoms with van der Waals surface area (Å²) >= 11 is 0. The summed E-state index contributed by atoms with van der Waals surface area (Å²) in [5, 5.41) is 3.35. The van der Waals surface area contributed by atoms with Crippen molar-refractivity contribution in [3.05, 3.63) is 77.8 Å². The molecule has 2 aromatic carbocycles. The Hall–Kier alpha value is -2.57. The Bertz CT molecular complexity index is 875. The van der Waals surface area contributed by atoms with Gasteiger partial charge >= 0.3 is 0 Å². The Balaban J connectivity index is 1.40. The maximum absolute atomic E-state index is 13.2. The molecule has 0 amide bonds. The van der Waals surface area contributed by atoms with E-state index in [0.717, 1.165) is 22.6 Å². The van der Waals surface area contributed by atoms with Crippen LogP contribution in [-0.2, 0) is 24.4 Å². The highest BCUT2D eigenvalue weighted by Gasteiger charge is 2.22. The minimum absolute atomic E-state index is 0.0105. The number of nitrogens with zero attached hydrogens (tertiary/aromatic N) is 2. The first-order valence-corrected chi connectivity index (χ1v) is 8.56. The van der Waals surface area contributed by atoms with Gasteiger partial charge in [0.25, 0.3) is 0 Å². The number of hydrogen-bond acceptors (Lipinski definition) is 3. The van der Waals surface area contributed by atoms with E-state index in [1.807, 2.05) is 0 Å². The molecule has 1 aromatic heterocycles. The molecule has 0 saturated carbocycles. The molecule has 0 unspecified atom stereocenters. The number of hydrogen-bond donors (Lipinski definition) is 1. The van der Waals surface area contributed by atoms with Crippen molar-refractivity contribution < 1.29 is 13.5 Å². The van der Waals surface area contributed by atoms with E-state index in [1.165, 1.54) is 24.3 Å². The van der Waals surface area contributed by atoms with E-state index in [9.17, 15) is 8.78 Å². The monoisotopic (exact) mass is 355 g/mol. The van der Waals surface area contributed by atoms with Crippen LogP contribution in [0, 0.1) is 11.6 Å². The van der Waals surface area contributed by atoms with Crippen molar-refractivity contribution >= 4 is 0 Å². The summed E-state index contributed by atoms with van der Waals surface area (Å²) in [6, 6.07) is 12.9. The van der Waals surface area contributed by atoms with E-state index in [-0.39, 0.29) is 17.7 Å². The predicted octanol–water partition coefficient (Wildman–Crippen LogP) is 3.52. The minimum Gasteiger partial charge on any atom is -0.367 e. The quantitative estimate of drug-likeness (QED) is 0.761. The van der Waals surface area contributed by atoms with Crippen LogP contribution in [0.5, 0.6) is 0 Å². The second-order valence-electron chi connectivity index (χ2n) is 6.37. The van der Waals surface area contributed by atoms with Gasteiger partial charge in [0.05, 0.1) is 24.5 Å². The lowest BCUT2D eigenvalue weighted by atomic mass is 10.1. The van der Waals surface area contributed by atoms with Crippen molar-refractivity contribution in [2.45, 2.75) is 25.8 Å². The summed E-state index contributed by atoms with van der Waals surface area (Å²) in [5.41, 5.74) is 2.93. The molecule has 6 heteroatoms. The first kappa shape index (κ1) is 16.9. The molecule has 4 rings (SSSR count). The number of halogens is 2. The first-order chi connectivity index (χ1) is 12.7.